The molecule has 0 saturated heterocycles. The lowest BCUT2D eigenvalue weighted by Gasteiger charge is -2.22. The third-order valence-electron chi connectivity index (χ3n) is 7.68. The van der Waals surface area contributed by atoms with Gasteiger partial charge in [-0.2, -0.15) is 0 Å². The van der Waals surface area contributed by atoms with Crippen molar-refractivity contribution in [3.05, 3.63) is 76.2 Å². The molecule has 0 unspecified atom stereocenters. The Labute approximate surface area is 270 Å². The fraction of sp³-hybridized carbons (Fsp3) is 0.389. The molecule has 0 aliphatic rings. The molecular formula is C36H45N5O5. The van der Waals surface area contributed by atoms with E-state index < -0.39 is 6.03 Å². The maximum absolute atomic E-state index is 14.2. The van der Waals surface area contributed by atoms with Gasteiger partial charge in [0.1, 0.15) is 17.1 Å². The van der Waals surface area contributed by atoms with E-state index in [4.69, 9.17) is 15.2 Å². The Bertz CT molecular complexity index is 1730. The number of aromatic nitrogens is 2. The van der Waals surface area contributed by atoms with Crippen LogP contribution in [0.5, 0.6) is 5.75 Å². The lowest BCUT2D eigenvalue weighted by molar-refractivity contribution is -0.141. The number of hydrogen-bond acceptors (Lipinski definition) is 7. The number of ether oxygens (including phenoxy) is 2. The highest BCUT2D eigenvalue weighted by atomic mass is 16.5. The number of nitrogens with two attached hydrogens (primary N) is 1. The summed E-state index contributed by atoms with van der Waals surface area (Å²) in [4.78, 5) is 43.8. The highest BCUT2D eigenvalue weighted by Gasteiger charge is 2.23. The highest BCUT2D eigenvalue weighted by Crippen LogP contribution is 2.37. The first kappa shape index (κ1) is 34.0. The average molecular weight is 628 g/mol. The molecule has 2 heterocycles. The van der Waals surface area contributed by atoms with Gasteiger partial charge in [-0.05, 0) is 71.3 Å². The predicted molar refractivity (Wildman–Crippen MR) is 185 cm³/mol. The van der Waals surface area contributed by atoms with Crippen LogP contribution >= 0.6 is 0 Å². The van der Waals surface area contributed by atoms with Crippen molar-refractivity contribution < 1.29 is 19.1 Å². The molecule has 2 amide bonds. The average Bonchev–Trinajstić information content (AvgIpc) is 3.01. The Kier molecular flexibility index (Phi) is 11.4. The van der Waals surface area contributed by atoms with Gasteiger partial charge in [0, 0.05) is 48.4 Å². The minimum atomic E-state index is -0.532. The van der Waals surface area contributed by atoms with Crippen LogP contribution in [0.4, 0.5) is 21.9 Å². The Morgan fingerprint density at radius 2 is 1.63 bits per heavy atom. The van der Waals surface area contributed by atoms with Crippen LogP contribution in [0.15, 0.2) is 59.5 Å². The summed E-state index contributed by atoms with van der Waals surface area (Å²) in [5.74, 6) is 0.439. The van der Waals surface area contributed by atoms with Crippen LogP contribution in [0.3, 0.4) is 0 Å². The summed E-state index contributed by atoms with van der Waals surface area (Å²) in [5, 5.41) is 6.72. The molecule has 0 radical (unpaired) electrons. The number of urea groups is 1. The topological polar surface area (TPSA) is 138 Å². The first-order chi connectivity index (χ1) is 22.0. The number of pyridine rings is 2. The van der Waals surface area contributed by atoms with E-state index in [2.05, 4.69) is 22.5 Å². The summed E-state index contributed by atoms with van der Waals surface area (Å²) in [7, 11) is 0. The molecule has 10 nitrogen and oxygen atoms in total. The third kappa shape index (κ3) is 8.04. The van der Waals surface area contributed by atoms with Crippen LogP contribution < -0.4 is 26.7 Å². The molecule has 0 bridgehead atoms. The van der Waals surface area contributed by atoms with Gasteiger partial charge in [-0.15, -0.1) is 0 Å². The normalized spacial score (nSPS) is 11.2. The van der Waals surface area contributed by atoms with E-state index in [-0.39, 0.29) is 35.7 Å². The highest BCUT2D eigenvalue weighted by molar-refractivity contribution is 6.08. The summed E-state index contributed by atoms with van der Waals surface area (Å²) < 4.78 is 12.6. The summed E-state index contributed by atoms with van der Waals surface area (Å²) in [5.41, 5.74) is 11.0. The van der Waals surface area contributed by atoms with Crippen LogP contribution in [0.25, 0.3) is 22.2 Å². The molecule has 0 aliphatic heterocycles. The molecule has 10 heteroatoms. The second-order valence-corrected chi connectivity index (χ2v) is 12.0. The number of carbonyl (C=O) groups excluding carboxylic acids is 2. The van der Waals surface area contributed by atoms with Crippen molar-refractivity contribution in [2.75, 3.05) is 29.6 Å². The van der Waals surface area contributed by atoms with Crippen molar-refractivity contribution in [3.8, 4) is 16.9 Å². The zero-order valence-electron chi connectivity index (χ0n) is 27.6. The van der Waals surface area contributed by atoms with Crippen LogP contribution in [0.2, 0.25) is 0 Å². The summed E-state index contributed by atoms with van der Waals surface area (Å²) >= 11 is 0. The molecule has 4 rings (SSSR count). The van der Waals surface area contributed by atoms with Gasteiger partial charge in [0.25, 0.3) is 5.56 Å². The lowest BCUT2D eigenvalue weighted by Crippen LogP contribution is -2.30. The van der Waals surface area contributed by atoms with E-state index in [1.54, 1.807) is 10.8 Å². The molecule has 0 atom stereocenters. The molecule has 0 fully saturated rings. The summed E-state index contributed by atoms with van der Waals surface area (Å²) in [6.07, 6.45) is 3.85. The first-order valence-corrected chi connectivity index (χ1v) is 15.9. The van der Waals surface area contributed by atoms with Gasteiger partial charge >= 0.3 is 12.0 Å². The standard InChI is InChI=1S/C36H45N5O5/c1-7-8-16-41-34-28(14-10-15-38-34)31(25-12-9-13-27(19-25)46-18-11-17-45-24(6)42)33(35(41)43)40-36(44)39-32-29(22(2)3)20-26(37)21-30(32)23(4)5/h9-10,12-15,19-23H,7-8,11,16-18,37H2,1-6H3,(H2,39,40,44). The molecule has 2 aromatic carbocycles. The van der Waals surface area contributed by atoms with Crippen LogP contribution in [0, 0.1) is 0 Å². The quantitative estimate of drug-likeness (QED) is 0.0786. The SMILES string of the molecule is CCCCn1c(=O)c(NC(=O)Nc2c(C(C)C)cc(N)cc2C(C)C)c(-c2cccc(OCCCOC(C)=O)c2)c2cccnc21. The van der Waals surface area contributed by atoms with Crippen molar-refractivity contribution in [1.82, 2.24) is 9.55 Å². The first-order valence-electron chi connectivity index (χ1n) is 15.9. The number of benzene rings is 2. The monoisotopic (exact) mass is 627 g/mol. The number of aryl methyl sites for hydroxylation is 1. The van der Waals surface area contributed by atoms with Gasteiger partial charge in [0.15, 0.2) is 0 Å². The molecule has 244 valence electrons. The molecule has 0 aliphatic carbocycles. The predicted octanol–water partition coefficient (Wildman–Crippen LogP) is 7.67. The van der Waals surface area contributed by atoms with Gasteiger partial charge in [0.05, 0.1) is 13.2 Å². The Balaban J connectivity index is 1.81. The number of anilines is 3. The van der Waals surface area contributed by atoms with Crippen molar-refractivity contribution in [1.29, 1.82) is 0 Å². The van der Waals surface area contributed by atoms with E-state index >= 15 is 0 Å². The number of rotatable bonds is 13. The number of unbranched alkanes of at least 4 members (excludes halogenated alkanes) is 1. The summed E-state index contributed by atoms with van der Waals surface area (Å²) in [6, 6.07) is 14.3. The van der Waals surface area contributed by atoms with E-state index in [9.17, 15) is 14.4 Å². The van der Waals surface area contributed by atoms with E-state index in [1.807, 2.05) is 76.2 Å². The minimum Gasteiger partial charge on any atom is -0.493 e. The fourth-order valence-corrected chi connectivity index (χ4v) is 5.45. The smallest absolute Gasteiger partial charge is 0.323 e. The Morgan fingerprint density at radius 3 is 2.28 bits per heavy atom. The van der Waals surface area contributed by atoms with E-state index in [0.29, 0.717) is 53.5 Å². The number of nitrogens with zero attached hydrogens (tertiary/aromatic N) is 2. The fourth-order valence-electron chi connectivity index (χ4n) is 5.45. The number of carbonyl (C=O) groups is 2. The van der Waals surface area contributed by atoms with Gasteiger partial charge in [-0.25, -0.2) is 9.78 Å². The number of amides is 2. The second kappa shape index (κ2) is 15.4. The van der Waals surface area contributed by atoms with Crippen LogP contribution in [-0.2, 0) is 16.1 Å². The van der Waals surface area contributed by atoms with Gasteiger partial charge < -0.3 is 25.8 Å². The number of nitrogen functional groups attached to an aromatic ring is 1. The maximum Gasteiger partial charge on any atom is 0.323 e. The largest absolute Gasteiger partial charge is 0.493 e. The molecule has 2 aromatic heterocycles. The molecular weight excluding hydrogens is 582 g/mol. The third-order valence-corrected chi connectivity index (χ3v) is 7.68. The van der Waals surface area contributed by atoms with Crippen molar-refractivity contribution in [2.45, 2.75) is 79.2 Å². The van der Waals surface area contributed by atoms with E-state index in [0.717, 1.165) is 29.4 Å². The van der Waals surface area contributed by atoms with E-state index in [1.165, 1.54) is 6.92 Å². The molecule has 46 heavy (non-hydrogen) atoms. The number of fused-ring (bicyclic) bond motifs is 1. The lowest BCUT2D eigenvalue weighted by atomic mass is 9.92. The van der Waals surface area contributed by atoms with Gasteiger partial charge in [-0.3, -0.25) is 14.2 Å². The second-order valence-electron chi connectivity index (χ2n) is 12.0. The van der Waals surface area contributed by atoms with Crippen molar-refractivity contribution in [3.63, 3.8) is 0 Å². The number of esters is 1. The Morgan fingerprint density at radius 1 is 0.935 bits per heavy atom. The van der Waals surface area contributed by atoms with Crippen LogP contribution in [0.1, 0.15) is 83.8 Å². The molecule has 4 aromatic rings. The van der Waals surface area contributed by atoms with Crippen molar-refractivity contribution in [2.24, 2.45) is 0 Å². The maximum atomic E-state index is 14.2. The number of hydrogen-bond donors (Lipinski definition) is 3. The van der Waals surface area contributed by atoms with Crippen molar-refractivity contribution >= 4 is 40.1 Å². The molecule has 0 saturated carbocycles. The van der Waals surface area contributed by atoms with Gasteiger partial charge in [0.2, 0.25) is 0 Å². The number of nitrogens with one attached hydrogen (secondary N) is 2. The van der Waals surface area contributed by atoms with Gasteiger partial charge in [-0.1, -0.05) is 53.2 Å². The zero-order valence-corrected chi connectivity index (χ0v) is 27.6. The van der Waals surface area contributed by atoms with Crippen LogP contribution in [-0.4, -0.2) is 34.8 Å². The zero-order chi connectivity index (χ0) is 33.4. The minimum absolute atomic E-state index is 0.0987. The Hall–Kier alpha value is -4.86. The summed E-state index contributed by atoms with van der Waals surface area (Å²) in [6.45, 7) is 12.7. The molecule has 0 spiro atoms. The molecule has 4 N–H and O–H groups in total.